The van der Waals surface area contributed by atoms with E-state index in [0.29, 0.717) is 5.75 Å². The van der Waals surface area contributed by atoms with E-state index in [-0.39, 0.29) is 23.1 Å². The number of ether oxygens (including phenoxy) is 1. The van der Waals surface area contributed by atoms with Crippen LogP contribution >= 0.6 is 0 Å². The Labute approximate surface area is 150 Å². The van der Waals surface area contributed by atoms with Crippen LogP contribution in [-0.4, -0.2) is 40.2 Å². The van der Waals surface area contributed by atoms with E-state index in [1.807, 2.05) is 32.9 Å². The summed E-state index contributed by atoms with van der Waals surface area (Å²) in [7, 11) is 0. The summed E-state index contributed by atoms with van der Waals surface area (Å²) in [5.74, 6) is -0.503. The number of hydrogen-bond donors (Lipinski definition) is 1. The SMILES string of the molecule is CCC1=NN(C(=O)COc2cc(C)ccc2C(C)C)C(O)(C(F)(F)F)C1. The minimum absolute atomic E-state index is 0.108. The van der Waals surface area contributed by atoms with Crippen LogP contribution in [0.3, 0.4) is 0 Å². The first kappa shape index (κ1) is 20.2. The number of amides is 1. The van der Waals surface area contributed by atoms with E-state index in [1.165, 1.54) is 0 Å². The molecule has 0 fully saturated rings. The topological polar surface area (TPSA) is 62.1 Å². The van der Waals surface area contributed by atoms with Crippen LogP contribution in [0.1, 0.15) is 50.7 Å². The molecule has 0 spiro atoms. The van der Waals surface area contributed by atoms with Crippen molar-refractivity contribution in [3.63, 3.8) is 0 Å². The first-order valence-electron chi connectivity index (χ1n) is 8.41. The Kier molecular flexibility index (Phi) is 5.65. The van der Waals surface area contributed by atoms with Gasteiger partial charge in [0.1, 0.15) is 5.75 Å². The Morgan fingerprint density at radius 3 is 2.62 bits per heavy atom. The summed E-state index contributed by atoms with van der Waals surface area (Å²) in [6, 6.07) is 5.48. The summed E-state index contributed by atoms with van der Waals surface area (Å²) in [4.78, 5) is 12.3. The van der Waals surface area contributed by atoms with Gasteiger partial charge in [0.05, 0.1) is 0 Å². The van der Waals surface area contributed by atoms with Crippen LogP contribution in [0.25, 0.3) is 0 Å². The smallest absolute Gasteiger partial charge is 0.438 e. The van der Waals surface area contributed by atoms with Gasteiger partial charge in [-0.2, -0.15) is 23.3 Å². The van der Waals surface area contributed by atoms with Crippen molar-refractivity contribution in [2.24, 2.45) is 5.10 Å². The van der Waals surface area contributed by atoms with Gasteiger partial charge >= 0.3 is 6.18 Å². The summed E-state index contributed by atoms with van der Waals surface area (Å²) < 4.78 is 45.4. The van der Waals surface area contributed by atoms with Crippen molar-refractivity contribution in [2.45, 2.75) is 58.4 Å². The molecule has 0 aliphatic carbocycles. The van der Waals surface area contributed by atoms with Crippen LogP contribution in [0, 0.1) is 6.92 Å². The zero-order valence-electron chi connectivity index (χ0n) is 15.2. The van der Waals surface area contributed by atoms with E-state index in [4.69, 9.17) is 4.74 Å². The van der Waals surface area contributed by atoms with Crippen molar-refractivity contribution in [2.75, 3.05) is 6.61 Å². The molecule has 8 heteroatoms. The number of aryl methyl sites for hydroxylation is 1. The first-order valence-corrected chi connectivity index (χ1v) is 8.41. The lowest BCUT2D eigenvalue weighted by Gasteiger charge is -2.32. The molecule has 1 aliphatic heterocycles. The third-order valence-corrected chi connectivity index (χ3v) is 4.28. The summed E-state index contributed by atoms with van der Waals surface area (Å²) in [5, 5.41) is 13.8. The molecule has 0 radical (unpaired) electrons. The number of halogens is 3. The van der Waals surface area contributed by atoms with E-state index in [9.17, 15) is 23.1 Å². The molecule has 0 saturated heterocycles. The van der Waals surface area contributed by atoms with Crippen LogP contribution in [0.4, 0.5) is 13.2 Å². The number of nitrogens with zero attached hydrogens (tertiary/aromatic N) is 2. The summed E-state index contributed by atoms with van der Waals surface area (Å²) >= 11 is 0. The van der Waals surface area contributed by atoms with E-state index in [0.717, 1.165) is 11.1 Å². The minimum Gasteiger partial charge on any atom is -0.483 e. The van der Waals surface area contributed by atoms with E-state index >= 15 is 0 Å². The molecule has 1 aromatic rings. The predicted molar refractivity (Wildman–Crippen MR) is 91.0 cm³/mol. The van der Waals surface area contributed by atoms with Gasteiger partial charge < -0.3 is 9.84 Å². The van der Waals surface area contributed by atoms with Crippen LogP contribution in [0.5, 0.6) is 5.75 Å². The largest absolute Gasteiger partial charge is 0.483 e. The molecule has 2 rings (SSSR count). The van der Waals surface area contributed by atoms with Crippen LogP contribution in [0.2, 0.25) is 0 Å². The number of rotatable bonds is 5. The maximum absolute atomic E-state index is 13.3. The third kappa shape index (κ3) is 3.85. The fourth-order valence-corrected chi connectivity index (χ4v) is 2.74. The molecule has 5 nitrogen and oxygen atoms in total. The van der Waals surface area contributed by atoms with Gasteiger partial charge in [-0.3, -0.25) is 4.79 Å². The molecular weight excluding hydrogens is 349 g/mol. The van der Waals surface area contributed by atoms with Gasteiger partial charge in [0.25, 0.3) is 11.6 Å². The molecule has 26 heavy (non-hydrogen) atoms. The molecule has 1 aromatic carbocycles. The number of hydrazone groups is 1. The average molecular weight is 372 g/mol. The Hall–Kier alpha value is -2.09. The molecule has 0 saturated carbocycles. The predicted octanol–water partition coefficient (Wildman–Crippen LogP) is 3.75. The highest BCUT2D eigenvalue weighted by atomic mass is 19.4. The highest BCUT2D eigenvalue weighted by molar-refractivity contribution is 5.91. The Morgan fingerprint density at radius 1 is 1.42 bits per heavy atom. The fraction of sp³-hybridized carbons (Fsp3) is 0.556. The van der Waals surface area contributed by atoms with Crippen LogP contribution < -0.4 is 4.74 Å². The molecule has 1 heterocycles. The average Bonchev–Trinajstić information content (AvgIpc) is 2.90. The monoisotopic (exact) mass is 372 g/mol. The lowest BCUT2D eigenvalue weighted by molar-refractivity contribution is -0.302. The highest BCUT2D eigenvalue weighted by Crippen LogP contribution is 2.40. The summed E-state index contributed by atoms with van der Waals surface area (Å²) in [6.07, 6.45) is -5.56. The molecule has 1 N–H and O–H groups in total. The number of alkyl halides is 3. The second kappa shape index (κ2) is 7.26. The quantitative estimate of drug-likeness (QED) is 0.856. The van der Waals surface area contributed by atoms with E-state index < -0.39 is 30.8 Å². The zero-order valence-corrected chi connectivity index (χ0v) is 15.2. The van der Waals surface area contributed by atoms with Gasteiger partial charge in [-0.1, -0.05) is 32.9 Å². The van der Waals surface area contributed by atoms with Crippen molar-refractivity contribution in [1.82, 2.24) is 5.01 Å². The maximum Gasteiger partial charge on any atom is 0.438 e. The number of benzene rings is 1. The molecule has 1 unspecified atom stereocenters. The number of hydrogen-bond acceptors (Lipinski definition) is 4. The fourth-order valence-electron chi connectivity index (χ4n) is 2.74. The summed E-state index contributed by atoms with van der Waals surface area (Å²) in [5.41, 5.74) is -1.48. The van der Waals surface area contributed by atoms with Gasteiger partial charge in [0.2, 0.25) is 0 Å². The van der Waals surface area contributed by atoms with Crippen LogP contribution in [0.15, 0.2) is 23.3 Å². The van der Waals surface area contributed by atoms with E-state index in [1.54, 1.807) is 13.0 Å². The molecule has 0 bridgehead atoms. The molecule has 0 aromatic heterocycles. The van der Waals surface area contributed by atoms with Crippen LogP contribution in [-0.2, 0) is 4.79 Å². The number of carbonyl (C=O) groups excluding carboxylic acids is 1. The van der Waals surface area contributed by atoms with Crippen molar-refractivity contribution in [3.05, 3.63) is 29.3 Å². The number of carbonyl (C=O) groups is 1. The van der Waals surface area contributed by atoms with Gasteiger partial charge in [-0.05, 0) is 36.5 Å². The standard InChI is InChI=1S/C18H23F3N2O3/c1-5-13-9-17(25,18(19,20)21)23(22-13)16(24)10-26-15-8-12(4)6-7-14(15)11(2)3/h6-8,11,25H,5,9-10H2,1-4H3. The van der Waals surface area contributed by atoms with Gasteiger partial charge in [-0.15, -0.1) is 0 Å². The van der Waals surface area contributed by atoms with Gasteiger partial charge in [0, 0.05) is 12.1 Å². The second-order valence-electron chi connectivity index (χ2n) is 6.70. The molecular formula is C18H23F3N2O3. The molecule has 1 amide bonds. The maximum atomic E-state index is 13.3. The lowest BCUT2D eigenvalue weighted by Crippen LogP contribution is -2.57. The second-order valence-corrected chi connectivity index (χ2v) is 6.70. The van der Waals surface area contributed by atoms with E-state index in [2.05, 4.69) is 5.10 Å². The minimum atomic E-state index is -5.02. The van der Waals surface area contributed by atoms with Gasteiger partial charge in [0.15, 0.2) is 6.61 Å². The summed E-state index contributed by atoms with van der Waals surface area (Å²) in [6.45, 7) is 6.70. The Balaban J connectivity index is 2.21. The third-order valence-electron chi connectivity index (χ3n) is 4.28. The Morgan fingerprint density at radius 2 is 2.08 bits per heavy atom. The van der Waals surface area contributed by atoms with Crippen molar-refractivity contribution in [3.8, 4) is 5.75 Å². The van der Waals surface area contributed by atoms with Crippen molar-refractivity contribution in [1.29, 1.82) is 0 Å². The lowest BCUT2D eigenvalue weighted by atomic mass is 10.0. The first-order chi connectivity index (χ1) is 12.0. The zero-order chi connectivity index (χ0) is 19.7. The molecule has 1 aliphatic rings. The number of aliphatic hydroxyl groups is 1. The Bertz CT molecular complexity index is 716. The van der Waals surface area contributed by atoms with Gasteiger partial charge in [-0.25, -0.2) is 0 Å². The molecule has 144 valence electrons. The highest BCUT2D eigenvalue weighted by Gasteiger charge is 2.62. The molecule has 1 atom stereocenters. The normalized spacial score (nSPS) is 20.5. The van der Waals surface area contributed by atoms with Crippen molar-refractivity contribution < 1.29 is 27.8 Å². The van der Waals surface area contributed by atoms with Crippen molar-refractivity contribution >= 4 is 11.6 Å².